The van der Waals surface area contributed by atoms with Crippen LogP contribution < -0.4 is 0 Å². The molecule has 0 fully saturated rings. The minimum Gasteiger partial charge on any atom is -0.465 e. The van der Waals surface area contributed by atoms with Crippen molar-refractivity contribution in [3.05, 3.63) is 10.1 Å². The SMILES string of the molecule is CCOC(=O)C(CCC(C)C(C)[N+](=O)[O-])C(=O)OCC. The summed E-state index contributed by atoms with van der Waals surface area (Å²) in [6, 6.07) is -0.722. The van der Waals surface area contributed by atoms with Crippen molar-refractivity contribution in [3.63, 3.8) is 0 Å². The molecule has 0 aromatic rings. The summed E-state index contributed by atoms with van der Waals surface area (Å²) in [6.07, 6.45) is 0.571. The van der Waals surface area contributed by atoms with E-state index in [2.05, 4.69) is 0 Å². The summed E-state index contributed by atoms with van der Waals surface area (Å²) < 4.78 is 9.68. The van der Waals surface area contributed by atoms with Crippen molar-refractivity contribution in [2.45, 2.75) is 46.6 Å². The van der Waals surface area contributed by atoms with Gasteiger partial charge in [-0.1, -0.05) is 6.92 Å². The fraction of sp³-hybridized carbons (Fsp3) is 0.846. The van der Waals surface area contributed by atoms with E-state index in [-0.39, 0.29) is 30.5 Å². The molecule has 2 unspecified atom stereocenters. The van der Waals surface area contributed by atoms with Crippen LogP contribution in [0.25, 0.3) is 0 Å². The van der Waals surface area contributed by atoms with Gasteiger partial charge < -0.3 is 9.47 Å². The third-order valence-corrected chi connectivity index (χ3v) is 3.21. The highest BCUT2D eigenvalue weighted by Crippen LogP contribution is 2.19. The number of ether oxygens (including phenoxy) is 2. The Bertz CT molecular complexity index is 326. The monoisotopic (exact) mass is 289 g/mol. The van der Waals surface area contributed by atoms with Crippen LogP contribution in [0.5, 0.6) is 0 Å². The number of hydrogen-bond donors (Lipinski definition) is 0. The van der Waals surface area contributed by atoms with Gasteiger partial charge in [-0.25, -0.2) is 0 Å². The van der Waals surface area contributed by atoms with E-state index in [1.165, 1.54) is 6.92 Å². The molecule has 0 amide bonds. The van der Waals surface area contributed by atoms with E-state index in [9.17, 15) is 19.7 Å². The molecule has 0 radical (unpaired) electrons. The number of esters is 2. The van der Waals surface area contributed by atoms with E-state index in [1.54, 1.807) is 20.8 Å². The first-order valence-electron chi connectivity index (χ1n) is 6.81. The zero-order valence-corrected chi connectivity index (χ0v) is 12.5. The topological polar surface area (TPSA) is 95.7 Å². The molecule has 0 spiro atoms. The molecule has 0 heterocycles. The van der Waals surface area contributed by atoms with Gasteiger partial charge in [0.15, 0.2) is 5.92 Å². The summed E-state index contributed by atoms with van der Waals surface area (Å²) >= 11 is 0. The number of rotatable bonds is 9. The molecule has 0 aromatic carbocycles. The molecule has 20 heavy (non-hydrogen) atoms. The molecule has 0 aromatic heterocycles. The molecule has 0 aliphatic rings. The summed E-state index contributed by atoms with van der Waals surface area (Å²) in [4.78, 5) is 33.8. The lowest BCUT2D eigenvalue weighted by Gasteiger charge is -2.17. The average molecular weight is 289 g/mol. The molecule has 7 nitrogen and oxygen atoms in total. The highest BCUT2D eigenvalue weighted by atomic mass is 16.6. The minimum atomic E-state index is -1.00. The van der Waals surface area contributed by atoms with Crippen LogP contribution in [0.4, 0.5) is 0 Å². The number of carbonyl (C=O) groups is 2. The summed E-state index contributed by atoms with van der Waals surface area (Å²) in [7, 11) is 0. The van der Waals surface area contributed by atoms with Crippen LogP contribution in [-0.4, -0.2) is 36.1 Å². The number of nitro groups is 1. The molecule has 7 heteroatoms. The fourth-order valence-corrected chi connectivity index (χ4v) is 1.70. The molecule has 0 rings (SSSR count). The van der Waals surface area contributed by atoms with E-state index in [0.717, 1.165) is 0 Å². The standard InChI is InChI=1S/C13H23NO6/c1-5-19-12(15)11(13(16)20-6-2)8-7-9(3)10(4)14(17)18/h9-11H,5-8H2,1-4H3. The third kappa shape index (κ3) is 5.99. The minimum absolute atomic E-state index is 0.176. The smallest absolute Gasteiger partial charge is 0.320 e. The van der Waals surface area contributed by atoms with Crippen molar-refractivity contribution in [2.75, 3.05) is 13.2 Å². The molecule has 116 valence electrons. The highest BCUT2D eigenvalue weighted by Gasteiger charge is 2.31. The largest absolute Gasteiger partial charge is 0.465 e. The molecule has 0 saturated carbocycles. The summed E-state index contributed by atoms with van der Waals surface area (Å²) in [6.45, 7) is 6.88. The summed E-state index contributed by atoms with van der Waals surface area (Å²) in [5.74, 6) is -2.51. The Morgan fingerprint density at radius 2 is 1.50 bits per heavy atom. The van der Waals surface area contributed by atoms with Gasteiger partial charge in [-0.15, -0.1) is 0 Å². The van der Waals surface area contributed by atoms with Crippen molar-refractivity contribution in [1.82, 2.24) is 0 Å². The van der Waals surface area contributed by atoms with Gasteiger partial charge in [0, 0.05) is 17.8 Å². The van der Waals surface area contributed by atoms with Crippen molar-refractivity contribution in [2.24, 2.45) is 11.8 Å². The van der Waals surface area contributed by atoms with Crippen molar-refractivity contribution in [1.29, 1.82) is 0 Å². The Morgan fingerprint density at radius 3 is 1.85 bits per heavy atom. The molecule has 0 aliphatic heterocycles. The zero-order chi connectivity index (χ0) is 15.7. The molecule has 0 saturated heterocycles. The molecular formula is C13H23NO6. The third-order valence-electron chi connectivity index (χ3n) is 3.21. The highest BCUT2D eigenvalue weighted by molar-refractivity contribution is 5.94. The van der Waals surface area contributed by atoms with Crippen LogP contribution in [-0.2, 0) is 19.1 Å². The van der Waals surface area contributed by atoms with Gasteiger partial charge in [0.2, 0.25) is 6.04 Å². The molecular weight excluding hydrogens is 266 g/mol. The van der Waals surface area contributed by atoms with Gasteiger partial charge in [-0.05, 0) is 26.7 Å². The van der Waals surface area contributed by atoms with E-state index in [0.29, 0.717) is 6.42 Å². The van der Waals surface area contributed by atoms with E-state index in [1.807, 2.05) is 0 Å². The lowest BCUT2D eigenvalue weighted by atomic mass is 9.93. The average Bonchev–Trinajstić information content (AvgIpc) is 2.38. The second-order valence-electron chi connectivity index (χ2n) is 4.64. The Kier molecular flexibility index (Phi) is 8.51. The molecule has 2 atom stereocenters. The van der Waals surface area contributed by atoms with E-state index in [4.69, 9.17) is 9.47 Å². The Labute approximate surface area is 118 Å². The molecule has 0 aliphatic carbocycles. The van der Waals surface area contributed by atoms with Gasteiger partial charge in [-0.2, -0.15) is 0 Å². The van der Waals surface area contributed by atoms with Crippen molar-refractivity contribution < 1.29 is 24.0 Å². The van der Waals surface area contributed by atoms with Crippen LogP contribution >= 0.6 is 0 Å². The lowest BCUT2D eigenvalue weighted by molar-refractivity contribution is -0.527. The quantitative estimate of drug-likeness (QED) is 0.278. The number of nitrogens with zero attached hydrogens (tertiary/aromatic N) is 1. The van der Waals surface area contributed by atoms with Crippen LogP contribution in [0.2, 0.25) is 0 Å². The fourth-order valence-electron chi connectivity index (χ4n) is 1.70. The van der Waals surface area contributed by atoms with Gasteiger partial charge in [-0.3, -0.25) is 19.7 Å². The predicted molar refractivity (Wildman–Crippen MR) is 71.6 cm³/mol. The maximum absolute atomic E-state index is 11.7. The Balaban J connectivity index is 4.61. The molecule has 0 bridgehead atoms. The first-order valence-corrected chi connectivity index (χ1v) is 6.81. The first kappa shape index (κ1) is 18.3. The normalized spacial score (nSPS) is 13.7. The predicted octanol–water partition coefficient (Wildman–Crippen LogP) is 1.81. The van der Waals surface area contributed by atoms with Gasteiger partial charge in [0.25, 0.3) is 0 Å². The van der Waals surface area contributed by atoms with Crippen molar-refractivity contribution >= 4 is 11.9 Å². The second kappa shape index (κ2) is 9.28. The maximum atomic E-state index is 11.7. The second-order valence-corrected chi connectivity index (χ2v) is 4.64. The zero-order valence-electron chi connectivity index (χ0n) is 12.5. The summed E-state index contributed by atoms with van der Waals surface area (Å²) in [5, 5.41) is 10.7. The maximum Gasteiger partial charge on any atom is 0.320 e. The molecule has 0 N–H and O–H groups in total. The van der Waals surface area contributed by atoms with Crippen LogP contribution in [0.1, 0.15) is 40.5 Å². The number of hydrogen-bond acceptors (Lipinski definition) is 6. The van der Waals surface area contributed by atoms with Gasteiger partial charge in [0.1, 0.15) is 0 Å². The lowest BCUT2D eigenvalue weighted by Crippen LogP contribution is -2.30. The van der Waals surface area contributed by atoms with E-state index < -0.39 is 23.9 Å². The Morgan fingerprint density at radius 1 is 1.05 bits per heavy atom. The van der Waals surface area contributed by atoms with Gasteiger partial charge >= 0.3 is 11.9 Å². The van der Waals surface area contributed by atoms with Gasteiger partial charge in [0.05, 0.1) is 13.2 Å². The summed E-state index contributed by atoms with van der Waals surface area (Å²) in [5.41, 5.74) is 0. The van der Waals surface area contributed by atoms with Crippen molar-refractivity contribution in [3.8, 4) is 0 Å². The van der Waals surface area contributed by atoms with Crippen LogP contribution in [0.3, 0.4) is 0 Å². The van der Waals surface area contributed by atoms with Crippen LogP contribution in [0.15, 0.2) is 0 Å². The van der Waals surface area contributed by atoms with Crippen LogP contribution in [0, 0.1) is 22.0 Å². The first-order chi connectivity index (χ1) is 9.34. The van der Waals surface area contributed by atoms with E-state index >= 15 is 0 Å². The number of carbonyl (C=O) groups excluding carboxylic acids is 2. The Hall–Kier alpha value is -1.66.